The Bertz CT molecular complexity index is 655. The number of carbonyl (C=O) groups excluding carboxylic acids is 3. The van der Waals surface area contributed by atoms with Crippen molar-refractivity contribution in [2.75, 3.05) is 30.6 Å². The number of esters is 1. The summed E-state index contributed by atoms with van der Waals surface area (Å²) in [6.07, 6.45) is 2.52. The maximum atomic E-state index is 12.5. The number of ether oxygens (including phenoxy) is 1. The minimum absolute atomic E-state index is 0.106. The number of hydrogen-bond donors (Lipinski definition) is 1. The smallest absolute Gasteiger partial charge is 0.328 e. The molecule has 0 saturated carbocycles. The Morgan fingerprint density at radius 1 is 1.48 bits per heavy atom. The largest absolute Gasteiger partial charge is 0.467 e. The minimum Gasteiger partial charge on any atom is -0.467 e. The zero-order valence-electron chi connectivity index (χ0n) is 14.2. The van der Waals surface area contributed by atoms with E-state index in [1.165, 1.54) is 7.11 Å². The topological polar surface area (TPSA) is 75.7 Å². The molecule has 136 valence electrons. The van der Waals surface area contributed by atoms with Gasteiger partial charge in [-0.05, 0) is 36.6 Å². The van der Waals surface area contributed by atoms with Crippen LogP contribution >= 0.6 is 23.4 Å². The van der Waals surface area contributed by atoms with Gasteiger partial charge in [0.05, 0.1) is 13.0 Å². The molecule has 1 heterocycles. The fourth-order valence-corrected chi connectivity index (χ4v) is 3.35. The number of halogens is 1. The van der Waals surface area contributed by atoms with E-state index >= 15 is 0 Å². The van der Waals surface area contributed by atoms with Crippen molar-refractivity contribution in [3.63, 3.8) is 0 Å². The van der Waals surface area contributed by atoms with E-state index in [1.807, 2.05) is 6.26 Å². The zero-order valence-corrected chi connectivity index (χ0v) is 15.7. The van der Waals surface area contributed by atoms with Crippen LogP contribution in [0, 0.1) is 5.92 Å². The van der Waals surface area contributed by atoms with Gasteiger partial charge in [-0.1, -0.05) is 17.7 Å². The number of rotatable bonds is 7. The summed E-state index contributed by atoms with van der Waals surface area (Å²) in [6.45, 7) is 0.265. The lowest BCUT2D eigenvalue weighted by molar-refractivity contribution is -0.145. The molecule has 6 nitrogen and oxygen atoms in total. The quantitative estimate of drug-likeness (QED) is 0.728. The van der Waals surface area contributed by atoms with Gasteiger partial charge < -0.3 is 15.0 Å². The molecule has 0 radical (unpaired) electrons. The summed E-state index contributed by atoms with van der Waals surface area (Å²) in [5.41, 5.74) is 0.666. The second-order valence-corrected chi connectivity index (χ2v) is 7.17. The monoisotopic (exact) mass is 384 g/mol. The third kappa shape index (κ3) is 5.12. The van der Waals surface area contributed by atoms with Crippen molar-refractivity contribution in [3.05, 3.63) is 29.3 Å². The number of amides is 2. The molecule has 2 unspecified atom stereocenters. The van der Waals surface area contributed by atoms with E-state index in [9.17, 15) is 14.4 Å². The molecule has 0 bridgehead atoms. The summed E-state index contributed by atoms with van der Waals surface area (Å²) in [5, 5.41) is 3.25. The number of methoxy groups -OCH3 is 1. The molecule has 2 atom stereocenters. The molecule has 1 fully saturated rings. The van der Waals surface area contributed by atoms with Crippen LogP contribution in [0.25, 0.3) is 0 Å². The Labute approximate surface area is 156 Å². The lowest BCUT2D eigenvalue weighted by atomic mass is 10.1. The lowest BCUT2D eigenvalue weighted by Gasteiger charge is -2.19. The summed E-state index contributed by atoms with van der Waals surface area (Å²) in [5.74, 6) is -0.708. The zero-order chi connectivity index (χ0) is 18.4. The predicted molar refractivity (Wildman–Crippen MR) is 98.9 cm³/mol. The molecule has 1 aliphatic heterocycles. The van der Waals surface area contributed by atoms with E-state index in [-0.39, 0.29) is 24.8 Å². The van der Waals surface area contributed by atoms with Gasteiger partial charge in [0.2, 0.25) is 11.8 Å². The van der Waals surface area contributed by atoms with Crippen molar-refractivity contribution in [1.29, 1.82) is 0 Å². The molecule has 0 aromatic heterocycles. The van der Waals surface area contributed by atoms with Crippen LogP contribution in [0.5, 0.6) is 0 Å². The molecular formula is C17H21ClN2O4S. The number of anilines is 1. The number of thioether (sulfide) groups is 1. The second-order valence-electron chi connectivity index (χ2n) is 5.75. The first-order valence-electron chi connectivity index (χ1n) is 7.89. The van der Waals surface area contributed by atoms with Gasteiger partial charge >= 0.3 is 5.97 Å². The minimum atomic E-state index is -0.694. The van der Waals surface area contributed by atoms with Crippen LogP contribution < -0.4 is 10.2 Å². The van der Waals surface area contributed by atoms with Gasteiger partial charge in [0.25, 0.3) is 0 Å². The van der Waals surface area contributed by atoms with Crippen molar-refractivity contribution < 1.29 is 19.1 Å². The third-order valence-corrected chi connectivity index (χ3v) is 4.91. The Hall–Kier alpha value is -1.73. The van der Waals surface area contributed by atoms with Crippen molar-refractivity contribution in [2.24, 2.45) is 5.92 Å². The number of nitrogens with one attached hydrogen (secondary N) is 1. The number of nitrogens with zero attached hydrogens (tertiary/aromatic N) is 1. The first-order valence-corrected chi connectivity index (χ1v) is 9.66. The van der Waals surface area contributed by atoms with Gasteiger partial charge in [0, 0.05) is 23.7 Å². The van der Waals surface area contributed by atoms with Crippen LogP contribution in [-0.2, 0) is 19.1 Å². The summed E-state index contributed by atoms with van der Waals surface area (Å²) in [7, 11) is 1.29. The van der Waals surface area contributed by atoms with E-state index in [0.717, 1.165) is 5.75 Å². The highest BCUT2D eigenvalue weighted by molar-refractivity contribution is 7.98. The second kappa shape index (κ2) is 9.10. The van der Waals surface area contributed by atoms with Crippen LogP contribution in [-0.4, -0.2) is 49.5 Å². The fourth-order valence-electron chi connectivity index (χ4n) is 2.69. The Balaban J connectivity index is 2.02. The van der Waals surface area contributed by atoms with Crippen molar-refractivity contribution in [3.8, 4) is 0 Å². The van der Waals surface area contributed by atoms with Gasteiger partial charge in [0.1, 0.15) is 6.04 Å². The predicted octanol–water partition coefficient (Wildman–Crippen LogP) is 2.10. The molecule has 2 rings (SSSR count). The molecule has 8 heteroatoms. The molecule has 0 aliphatic carbocycles. The van der Waals surface area contributed by atoms with E-state index in [2.05, 4.69) is 5.32 Å². The number of hydrogen-bond acceptors (Lipinski definition) is 5. The molecule has 2 amide bonds. The first kappa shape index (κ1) is 19.6. The van der Waals surface area contributed by atoms with Gasteiger partial charge in [-0.15, -0.1) is 0 Å². The van der Waals surface area contributed by atoms with E-state index in [0.29, 0.717) is 17.1 Å². The summed E-state index contributed by atoms with van der Waals surface area (Å²) in [6, 6.07) is 6.26. The molecule has 1 saturated heterocycles. The summed E-state index contributed by atoms with van der Waals surface area (Å²) in [4.78, 5) is 38.1. The molecule has 1 aromatic carbocycles. The molecule has 1 aliphatic rings. The standard InChI is InChI=1S/C17H21ClN2O4S/c1-24-17(23)14(6-7-25-2)19-16(22)11-8-15(21)20(10-11)13-5-3-4-12(18)9-13/h3-5,9,11,14H,6-8,10H2,1-2H3,(H,19,22). The van der Waals surface area contributed by atoms with Crippen LogP contribution in [0.1, 0.15) is 12.8 Å². The normalized spacial score (nSPS) is 18.1. The Morgan fingerprint density at radius 2 is 2.24 bits per heavy atom. The molecule has 0 spiro atoms. The molecule has 1 N–H and O–H groups in total. The number of carbonyl (C=O) groups is 3. The van der Waals surface area contributed by atoms with Crippen LogP contribution in [0.15, 0.2) is 24.3 Å². The average Bonchev–Trinajstić information content (AvgIpc) is 2.99. The van der Waals surface area contributed by atoms with Gasteiger partial charge in [-0.3, -0.25) is 9.59 Å². The summed E-state index contributed by atoms with van der Waals surface area (Å²) >= 11 is 7.55. The van der Waals surface area contributed by atoms with Crippen molar-refractivity contribution in [2.45, 2.75) is 18.9 Å². The molecular weight excluding hydrogens is 364 g/mol. The van der Waals surface area contributed by atoms with Crippen LogP contribution in [0.3, 0.4) is 0 Å². The SMILES string of the molecule is COC(=O)C(CCSC)NC(=O)C1CC(=O)N(c2cccc(Cl)c2)C1. The highest BCUT2D eigenvalue weighted by Crippen LogP contribution is 2.27. The maximum absolute atomic E-state index is 12.5. The van der Waals surface area contributed by atoms with E-state index in [4.69, 9.17) is 16.3 Å². The van der Waals surface area contributed by atoms with Gasteiger partial charge in [-0.25, -0.2) is 4.79 Å². The number of benzene rings is 1. The third-order valence-electron chi connectivity index (χ3n) is 4.03. The van der Waals surface area contributed by atoms with Crippen LogP contribution in [0.2, 0.25) is 5.02 Å². The van der Waals surface area contributed by atoms with E-state index in [1.54, 1.807) is 40.9 Å². The fraction of sp³-hybridized carbons (Fsp3) is 0.471. The summed E-state index contributed by atoms with van der Waals surface area (Å²) < 4.78 is 4.74. The molecule has 1 aromatic rings. The van der Waals surface area contributed by atoms with Crippen LogP contribution in [0.4, 0.5) is 5.69 Å². The van der Waals surface area contributed by atoms with Crippen molar-refractivity contribution >= 4 is 46.8 Å². The molecule has 25 heavy (non-hydrogen) atoms. The maximum Gasteiger partial charge on any atom is 0.328 e. The van der Waals surface area contributed by atoms with Gasteiger partial charge in [0.15, 0.2) is 0 Å². The first-order chi connectivity index (χ1) is 12.0. The van der Waals surface area contributed by atoms with Gasteiger partial charge in [-0.2, -0.15) is 11.8 Å². The highest BCUT2D eigenvalue weighted by Gasteiger charge is 2.36. The van der Waals surface area contributed by atoms with E-state index < -0.39 is 17.9 Å². The highest BCUT2D eigenvalue weighted by atomic mass is 35.5. The van der Waals surface area contributed by atoms with Crippen molar-refractivity contribution in [1.82, 2.24) is 5.32 Å². The average molecular weight is 385 g/mol. The Morgan fingerprint density at radius 3 is 2.88 bits per heavy atom. The Kier molecular flexibility index (Phi) is 7.13. The lowest BCUT2D eigenvalue weighted by Crippen LogP contribution is -2.45.